The van der Waals surface area contributed by atoms with Crippen molar-refractivity contribution in [2.75, 3.05) is 17.4 Å². The molecular weight excluding hydrogens is 422 g/mol. The smallest absolute Gasteiger partial charge is 0.238 e. The lowest BCUT2D eigenvalue weighted by Gasteiger charge is -2.15. The van der Waals surface area contributed by atoms with Crippen LogP contribution in [0.15, 0.2) is 46.7 Å². The summed E-state index contributed by atoms with van der Waals surface area (Å²) in [6, 6.07) is 10.7. The minimum Gasteiger partial charge on any atom is -0.489 e. The zero-order valence-electron chi connectivity index (χ0n) is 16.8. The van der Waals surface area contributed by atoms with Crippen molar-refractivity contribution < 1.29 is 13.2 Å². The minimum absolute atomic E-state index is 0.00753. The Hall–Kier alpha value is -2.66. The second-order valence-electron chi connectivity index (χ2n) is 7.27. The Morgan fingerprint density at radius 3 is 2.80 bits per heavy atom. The molecule has 0 radical (unpaired) electrons. The molecule has 8 nitrogen and oxygen atoms in total. The summed E-state index contributed by atoms with van der Waals surface area (Å²) in [7, 11) is -1.84. The van der Waals surface area contributed by atoms with Gasteiger partial charge in [0.25, 0.3) is 0 Å². The maximum absolute atomic E-state index is 11.8. The predicted octanol–water partition coefficient (Wildman–Crippen LogP) is 3.44. The molecule has 4 rings (SSSR count). The van der Waals surface area contributed by atoms with Crippen LogP contribution < -0.4 is 25.6 Å². The number of nitrogens with one attached hydrogen (secondary N) is 2. The molecule has 1 aromatic heterocycles. The topological polar surface area (TPSA) is 110 Å². The number of primary sulfonamides is 1. The Morgan fingerprint density at radius 1 is 1.27 bits per heavy atom. The number of hydrogen-bond donors (Lipinski definition) is 3. The standard InChI is InChI=1S/C20H23N5O3S2/c1-12(2)28-19-7-5-15(30(21,26)27)9-16(19)23-20-24-17(11-29-20)13-4-6-18-14(8-13)10-22-25(18)3/h4-9,11-12,22H,10H2,1-3H3,(H,23,24)(H2,21,26,27). The first-order valence-corrected chi connectivity index (χ1v) is 11.8. The molecule has 0 saturated carbocycles. The number of aromatic nitrogens is 1. The third-order valence-electron chi connectivity index (χ3n) is 4.63. The highest BCUT2D eigenvalue weighted by Gasteiger charge is 2.18. The van der Waals surface area contributed by atoms with E-state index in [1.807, 2.05) is 37.4 Å². The van der Waals surface area contributed by atoms with Crippen LogP contribution in [-0.4, -0.2) is 26.6 Å². The fourth-order valence-corrected chi connectivity index (χ4v) is 4.49. The molecule has 0 saturated heterocycles. The first kappa shape index (κ1) is 20.6. The summed E-state index contributed by atoms with van der Waals surface area (Å²) in [4.78, 5) is 4.68. The summed E-state index contributed by atoms with van der Waals surface area (Å²) >= 11 is 1.43. The van der Waals surface area contributed by atoms with Gasteiger partial charge in [0.2, 0.25) is 10.0 Å². The molecule has 0 spiro atoms. The molecule has 1 aliphatic heterocycles. The molecule has 30 heavy (non-hydrogen) atoms. The van der Waals surface area contributed by atoms with Gasteiger partial charge in [-0.3, -0.25) is 0 Å². The van der Waals surface area contributed by atoms with Crippen LogP contribution >= 0.6 is 11.3 Å². The molecule has 3 aromatic rings. The Kier molecular flexibility index (Phi) is 5.41. The fourth-order valence-electron chi connectivity index (χ4n) is 3.22. The molecular formula is C20H23N5O3S2. The lowest BCUT2D eigenvalue weighted by molar-refractivity contribution is 0.243. The molecule has 0 bridgehead atoms. The van der Waals surface area contributed by atoms with Gasteiger partial charge in [-0.2, -0.15) is 0 Å². The van der Waals surface area contributed by atoms with Gasteiger partial charge in [-0.25, -0.2) is 24.0 Å². The highest BCUT2D eigenvalue weighted by Crippen LogP contribution is 2.35. The van der Waals surface area contributed by atoms with E-state index >= 15 is 0 Å². The number of rotatable bonds is 6. The number of fused-ring (bicyclic) bond motifs is 1. The van der Waals surface area contributed by atoms with Gasteiger partial charge < -0.3 is 15.1 Å². The predicted molar refractivity (Wildman–Crippen MR) is 120 cm³/mol. The number of anilines is 3. The third kappa shape index (κ3) is 4.26. The molecule has 4 N–H and O–H groups in total. The number of sulfonamides is 1. The number of ether oxygens (including phenoxy) is 1. The van der Waals surface area contributed by atoms with Crippen molar-refractivity contribution in [3.8, 4) is 17.0 Å². The van der Waals surface area contributed by atoms with Crippen LogP contribution in [0, 0.1) is 0 Å². The van der Waals surface area contributed by atoms with E-state index in [0.717, 1.165) is 23.5 Å². The summed E-state index contributed by atoms with van der Waals surface area (Å²) in [5.74, 6) is 0.529. The third-order valence-corrected chi connectivity index (χ3v) is 6.30. The van der Waals surface area contributed by atoms with E-state index in [0.29, 0.717) is 16.6 Å². The summed E-state index contributed by atoms with van der Waals surface area (Å²) in [5.41, 5.74) is 8.00. The van der Waals surface area contributed by atoms with Gasteiger partial charge in [-0.1, -0.05) is 6.07 Å². The molecule has 0 fully saturated rings. The van der Waals surface area contributed by atoms with Gasteiger partial charge >= 0.3 is 0 Å². The van der Waals surface area contributed by atoms with Crippen LogP contribution in [0.4, 0.5) is 16.5 Å². The molecule has 0 amide bonds. The first-order chi connectivity index (χ1) is 14.2. The Bertz CT molecular complexity index is 1190. The second kappa shape index (κ2) is 7.88. The molecule has 0 unspecified atom stereocenters. The number of nitrogens with two attached hydrogens (primary N) is 1. The van der Waals surface area contributed by atoms with Crippen molar-refractivity contribution in [1.29, 1.82) is 0 Å². The minimum atomic E-state index is -3.83. The van der Waals surface area contributed by atoms with Gasteiger partial charge in [0.1, 0.15) is 5.75 Å². The number of benzene rings is 2. The van der Waals surface area contributed by atoms with Crippen molar-refractivity contribution in [1.82, 2.24) is 10.4 Å². The highest BCUT2D eigenvalue weighted by atomic mass is 32.2. The summed E-state index contributed by atoms with van der Waals surface area (Å²) in [6.07, 6.45) is -0.0732. The lowest BCUT2D eigenvalue weighted by Crippen LogP contribution is -2.26. The van der Waals surface area contributed by atoms with Crippen molar-refractivity contribution in [3.63, 3.8) is 0 Å². The van der Waals surface area contributed by atoms with Crippen LogP contribution in [0.5, 0.6) is 5.75 Å². The van der Waals surface area contributed by atoms with Crippen molar-refractivity contribution in [2.45, 2.75) is 31.4 Å². The van der Waals surface area contributed by atoms with Crippen molar-refractivity contribution >= 4 is 37.9 Å². The normalized spacial score (nSPS) is 13.6. The molecule has 158 valence electrons. The van der Waals surface area contributed by atoms with E-state index in [-0.39, 0.29) is 11.0 Å². The second-order valence-corrected chi connectivity index (χ2v) is 9.69. The molecule has 2 aromatic carbocycles. The van der Waals surface area contributed by atoms with E-state index in [4.69, 9.17) is 9.88 Å². The fraction of sp³-hybridized carbons (Fsp3) is 0.250. The van der Waals surface area contributed by atoms with Crippen LogP contribution in [0.3, 0.4) is 0 Å². The molecule has 0 atom stereocenters. The largest absolute Gasteiger partial charge is 0.489 e. The number of nitrogens with zero attached hydrogens (tertiary/aromatic N) is 2. The average molecular weight is 446 g/mol. The van der Waals surface area contributed by atoms with Crippen molar-refractivity contribution in [3.05, 3.63) is 47.3 Å². The Balaban J connectivity index is 1.63. The molecule has 1 aliphatic rings. The summed E-state index contributed by atoms with van der Waals surface area (Å²) in [5, 5.41) is 13.1. The van der Waals surface area contributed by atoms with E-state index in [2.05, 4.69) is 27.9 Å². The van der Waals surface area contributed by atoms with E-state index in [1.54, 1.807) is 6.07 Å². The summed E-state index contributed by atoms with van der Waals surface area (Å²) in [6.45, 7) is 4.59. The zero-order valence-corrected chi connectivity index (χ0v) is 18.5. The van der Waals surface area contributed by atoms with Gasteiger partial charge in [-0.05, 0) is 49.7 Å². The number of hydrogen-bond acceptors (Lipinski definition) is 8. The van der Waals surface area contributed by atoms with Crippen LogP contribution in [0.25, 0.3) is 11.3 Å². The highest BCUT2D eigenvalue weighted by molar-refractivity contribution is 7.89. The summed E-state index contributed by atoms with van der Waals surface area (Å²) < 4.78 is 29.3. The molecule has 0 aliphatic carbocycles. The van der Waals surface area contributed by atoms with Crippen molar-refractivity contribution in [2.24, 2.45) is 5.14 Å². The quantitative estimate of drug-likeness (QED) is 0.533. The van der Waals surface area contributed by atoms with Gasteiger partial charge in [0.05, 0.1) is 28.1 Å². The number of hydrazine groups is 1. The van der Waals surface area contributed by atoms with Gasteiger partial charge in [0.15, 0.2) is 5.13 Å². The SMILES string of the molecule is CC(C)Oc1ccc(S(N)(=O)=O)cc1Nc1nc(-c2ccc3c(c2)CNN3C)cs1. The van der Waals surface area contributed by atoms with Crippen LogP contribution in [-0.2, 0) is 16.6 Å². The van der Waals surface area contributed by atoms with Gasteiger partial charge in [0, 0.05) is 24.5 Å². The zero-order chi connectivity index (χ0) is 21.5. The van der Waals surface area contributed by atoms with Crippen LogP contribution in [0.2, 0.25) is 0 Å². The van der Waals surface area contributed by atoms with E-state index in [9.17, 15) is 8.42 Å². The first-order valence-electron chi connectivity index (χ1n) is 9.37. The molecule has 10 heteroatoms. The number of thiazole rings is 1. The lowest BCUT2D eigenvalue weighted by atomic mass is 10.1. The average Bonchev–Trinajstić information content (AvgIpc) is 3.28. The van der Waals surface area contributed by atoms with E-state index < -0.39 is 10.0 Å². The van der Waals surface area contributed by atoms with Crippen LogP contribution in [0.1, 0.15) is 19.4 Å². The van der Waals surface area contributed by atoms with E-state index in [1.165, 1.54) is 29.0 Å². The van der Waals surface area contributed by atoms with Gasteiger partial charge in [-0.15, -0.1) is 11.3 Å². The monoisotopic (exact) mass is 445 g/mol. The Morgan fingerprint density at radius 2 is 2.07 bits per heavy atom. The molecule has 2 heterocycles. The maximum atomic E-state index is 11.8. The maximum Gasteiger partial charge on any atom is 0.238 e. The Labute approximate surface area is 179 Å².